The summed E-state index contributed by atoms with van der Waals surface area (Å²) >= 11 is 0. The lowest BCUT2D eigenvalue weighted by Gasteiger charge is -2.28. The summed E-state index contributed by atoms with van der Waals surface area (Å²) in [6, 6.07) is 12.8. The highest BCUT2D eigenvalue weighted by molar-refractivity contribution is 5.66. The zero-order chi connectivity index (χ0) is 26.2. The second-order valence-electron chi connectivity index (χ2n) is 8.30. The van der Waals surface area contributed by atoms with Crippen molar-refractivity contribution in [2.24, 2.45) is 0 Å². The first-order valence-electron chi connectivity index (χ1n) is 11.6. The van der Waals surface area contributed by atoms with Crippen LogP contribution < -0.4 is 20.9 Å². The minimum absolute atomic E-state index is 0.00335. The molecule has 10 nitrogen and oxygen atoms in total. The fourth-order valence-corrected chi connectivity index (χ4v) is 3.89. The molecule has 1 unspecified atom stereocenters. The number of anilines is 4. The van der Waals surface area contributed by atoms with E-state index in [4.69, 9.17) is 9.84 Å². The molecule has 192 valence electrons. The summed E-state index contributed by atoms with van der Waals surface area (Å²) in [6.45, 7) is 1.98. The van der Waals surface area contributed by atoms with E-state index in [0.717, 1.165) is 11.6 Å². The van der Waals surface area contributed by atoms with Gasteiger partial charge in [-0.1, -0.05) is 30.3 Å². The number of ether oxygens (including phenoxy) is 1. The second-order valence-corrected chi connectivity index (χ2v) is 8.30. The third-order valence-electron chi connectivity index (χ3n) is 5.66. The molecule has 1 saturated heterocycles. The van der Waals surface area contributed by atoms with Gasteiger partial charge >= 0.3 is 6.09 Å². The Balaban J connectivity index is 1.56. The van der Waals surface area contributed by atoms with Crippen LogP contribution in [0.2, 0.25) is 0 Å². The number of carboxylic acid groups (broad SMARTS) is 1. The van der Waals surface area contributed by atoms with Crippen molar-refractivity contribution < 1.29 is 23.4 Å². The van der Waals surface area contributed by atoms with Gasteiger partial charge in [-0.15, -0.1) is 0 Å². The topological polar surface area (TPSA) is 135 Å². The van der Waals surface area contributed by atoms with E-state index < -0.39 is 23.8 Å². The number of nitriles is 1. The fraction of sp³-hybridized carbons (Fsp3) is 0.280. The number of nitrogens with zero attached hydrogens (tertiary/aromatic N) is 4. The van der Waals surface area contributed by atoms with Gasteiger partial charge in [-0.05, 0) is 18.1 Å². The molecule has 1 aliphatic heterocycles. The van der Waals surface area contributed by atoms with Crippen molar-refractivity contribution in [3.63, 3.8) is 0 Å². The Morgan fingerprint density at radius 3 is 2.59 bits per heavy atom. The number of hydrogen-bond acceptors (Lipinski definition) is 8. The van der Waals surface area contributed by atoms with Gasteiger partial charge in [-0.2, -0.15) is 5.26 Å². The smallest absolute Gasteiger partial charge is 0.404 e. The first kappa shape index (κ1) is 25.6. The molecule has 3 aromatic rings. The van der Waals surface area contributed by atoms with Crippen LogP contribution in [0, 0.1) is 23.0 Å². The van der Waals surface area contributed by atoms with Gasteiger partial charge in [0.05, 0.1) is 30.7 Å². The molecule has 1 fully saturated rings. The minimum atomic E-state index is -1.22. The second kappa shape index (κ2) is 12.0. The number of carbonyl (C=O) groups is 1. The Bertz CT molecular complexity index is 1280. The highest BCUT2D eigenvalue weighted by Gasteiger charge is 2.20. The minimum Gasteiger partial charge on any atom is -0.465 e. The Morgan fingerprint density at radius 1 is 1.16 bits per heavy atom. The fourth-order valence-electron chi connectivity index (χ4n) is 3.89. The van der Waals surface area contributed by atoms with Gasteiger partial charge in [0.15, 0.2) is 29.1 Å². The molecule has 2 aromatic heterocycles. The third kappa shape index (κ3) is 6.80. The van der Waals surface area contributed by atoms with E-state index >= 15 is 0 Å². The van der Waals surface area contributed by atoms with Crippen molar-refractivity contribution in [1.82, 2.24) is 15.3 Å². The summed E-state index contributed by atoms with van der Waals surface area (Å²) in [7, 11) is 0. The van der Waals surface area contributed by atoms with Crippen molar-refractivity contribution in [2.45, 2.75) is 12.5 Å². The monoisotopic (exact) mass is 509 g/mol. The number of amides is 1. The van der Waals surface area contributed by atoms with Crippen molar-refractivity contribution in [3.05, 3.63) is 71.4 Å². The Hall–Kier alpha value is -4.50. The van der Waals surface area contributed by atoms with Crippen LogP contribution in [0.25, 0.3) is 0 Å². The summed E-state index contributed by atoms with van der Waals surface area (Å²) in [5.74, 6) is -1.35. The van der Waals surface area contributed by atoms with Crippen LogP contribution in [0.1, 0.15) is 11.1 Å². The van der Waals surface area contributed by atoms with Gasteiger partial charge in [-0.3, -0.25) is 0 Å². The molecule has 1 aromatic carbocycles. The van der Waals surface area contributed by atoms with Crippen molar-refractivity contribution in [2.75, 3.05) is 48.4 Å². The van der Waals surface area contributed by atoms with E-state index in [-0.39, 0.29) is 35.2 Å². The molecule has 0 radical (unpaired) electrons. The normalized spacial score (nSPS) is 13.9. The van der Waals surface area contributed by atoms with Crippen LogP contribution in [0.5, 0.6) is 0 Å². The highest BCUT2D eigenvalue weighted by atomic mass is 19.1. The van der Waals surface area contributed by atoms with E-state index in [1.165, 1.54) is 12.3 Å². The molecule has 0 saturated carbocycles. The number of hydrogen-bond donors (Lipinski definition) is 4. The number of morpholine rings is 1. The number of nitrogens with one attached hydrogen (secondary N) is 3. The lowest BCUT2D eigenvalue weighted by Crippen LogP contribution is -2.37. The van der Waals surface area contributed by atoms with Crippen LogP contribution in [0.15, 0.2) is 48.7 Å². The third-order valence-corrected chi connectivity index (χ3v) is 5.66. The van der Waals surface area contributed by atoms with E-state index in [9.17, 15) is 18.8 Å². The highest BCUT2D eigenvalue weighted by Crippen LogP contribution is 2.26. The molecule has 1 amide bonds. The van der Waals surface area contributed by atoms with Crippen LogP contribution >= 0.6 is 0 Å². The summed E-state index contributed by atoms with van der Waals surface area (Å²) in [6.07, 6.45) is 0.566. The number of aromatic nitrogens is 2. The van der Waals surface area contributed by atoms with Gasteiger partial charge in [0.1, 0.15) is 6.07 Å². The Labute approximate surface area is 211 Å². The molecule has 1 aliphatic rings. The maximum absolute atomic E-state index is 14.8. The standard InChI is InChI=1S/C25H25F2N7O3/c26-20-11-17(13-28)22(31-19-12-21(27)24(29-14-19)34-6-8-37-9-7-34)33-23(20)32-18(15-30-25(35)36)10-16-4-2-1-3-5-16/h1-5,11-12,14,18,30H,6-10,15H2,(H,35,36)(H2,31,32,33). The van der Waals surface area contributed by atoms with E-state index in [2.05, 4.69) is 25.9 Å². The molecule has 0 spiro atoms. The lowest BCUT2D eigenvalue weighted by atomic mass is 10.1. The summed E-state index contributed by atoms with van der Waals surface area (Å²) in [5.41, 5.74) is 1.04. The zero-order valence-corrected chi connectivity index (χ0v) is 19.7. The summed E-state index contributed by atoms with van der Waals surface area (Å²) in [4.78, 5) is 21.2. The zero-order valence-electron chi connectivity index (χ0n) is 19.7. The molecule has 0 aliphatic carbocycles. The molecule has 3 heterocycles. The molecule has 1 atom stereocenters. The summed E-state index contributed by atoms with van der Waals surface area (Å²) in [5, 5.41) is 26.6. The molecule has 12 heteroatoms. The number of halogens is 2. The molecular weight excluding hydrogens is 484 g/mol. The number of rotatable bonds is 9. The van der Waals surface area contributed by atoms with Gasteiger partial charge in [0, 0.05) is 31.7 Å². The first-order valence-corrected chi connectivity index (χ1v) is 11.6. The van der Waals surface area contributed by atoms with Crippen molar-refractivity contribution in [3.8, 4) is 6.07 Å². The number of benzene rings is 1. The Kier molecular flexibility index (Phi) is 8.27. The van der Waals surface area contributed by atoms with E-state index in [1.807, 2.05) is 36.4 Å². The molecule has 4 rings (SSSR count). The first-order chi connectivity index (χ1) is 17.9. The molecule has 0 bridgehead atoms. The molecule has 4 N–H and O–H groups in total. The van der Waals surface area contributed by atoms with Crippen LogP contribution in [0.3, 0.4) is 0 Å². The van der Waals surface area contributed by atoms with Gasteiger partial charge < -0.3 is 30.7 Å². The Morgan fingerprint density at radius 2 is 1.92 bits per heavy atom. The predicted octanol–water partition coefficient (Wildman–Crippen LogP) is 3.50. The van der Waals surface area contributed by atoms with E-state index in [1.54, 1.807) is 4.90 Å². The van der Waals surface area contributed by atoms with Crippen LogP contribution in [-0.4, -0.2) is 60.1 Å². The molecule has 37 heavy (non-hydrogen) atoms. The molecular formula is C25H25F2N7O3. The van der Waals surface area contributed by atoms with Crippen molar-refractivity contribution in [1.29, 1.82) is 5.26 Å². The van der Waals surface area contributed by atoms with Gasteiger partial charge in [0.2, 0.25) is 0 Å². The maximum Gasteiger partial charge on any atom is 0.404 e. The maximum atomic E-state index is 14.8. The van der Waals surface area contributed by atoms with Gasteiger partial charge in [0.25, 0.3) is 0 Å². The van der Waals surface area contributed by atoms with Crippen molar-refractivity contribution >= 4 is 29.2 Å². The SMILES string of the molecule is N#Cc1cc(F)c(NC(CNC(=O)O)Cc2ccccc2)nc1Nc1cnc(N2CCOCC2)c(F)c1. The predicted molar refractivity (Wildman–Crippen MR) is 133 cm³/mol. The summed E-state index contributed by atoms with van der Waals surface area (Å²) < 4.78 is 34.9. The van der Waals surface area contributed by atoms with Crippen LogP contribution in [0.4, 0.5) is 36.7 Å². The average molecular weight is 510 g/mol. The quantitative estimate of drug-likeness (QED) is 0.342. The number of pyridine rings is 2. The average Bonchev–Trinajstić information content (AvgIpc) is 2.90. The van der Waals surface area contributed by atoms with Gasteiger partial charge in [-0.25, -0.2) is 23.5 Å². The largest absolute Gasteiger partial charge is 0.465 e. The van der Waals surface area contributed by atoms with E-state index in [0.29, 0.717) is 32.7 Å². The van der Waals surface area contributed by atoms with Crippen LogP contribution in [-0.2, 0) is 11.2 Å². The lowest BCUT2D eigenvalue weighted by molar-refractivity contribution is 0.122.